The predicted molar refractivity (Wildman–Crippen MR) is 113 cm³/mol. The number of carbonyl (C=O) groups is 1. The van der Waals surface area contributed by atoms with Gasteiger partial charge in [0.05, 0.1) is 12.1 Å². The second-order valence-electron chi connectivity index (χ2n) is 7.31. The fourth-order valence-electron chi connectivity index (χ4n) is 3.51. The summed E-state index contributed by atoms with van der Waals surface area (Å²) < 4.78 is 0. The lowest BCUT2D eigenvalue weighted by atomic mass is 10.1. The molecule has 0 aliphatic carbocycles. The second kappa shape index (κ2) is 8.07. The van der Waals surface area contributed by atoms with Crippen molar-refractivity contribution in [3.8, 4) is 11.3 Å². The first kappa shape index (κ1) is 18.6. The molecule has 1 aromatic heterocycles. The SMILES string of the molecule is Cc1ccc(CC(=O)NC2CCN(c3cc(-c4ccc(Cl)cc4)[nH]n3)C2)cc1. The second-order valence-corrected chi connectivity index (χ2v) is 7.74. The summed E-state index contributed by atoms with van der Waals surface area (Å²) in [5, 5.41) is 11.4. The van der Waals surface area contributed by atoms with Gasteiger partial charge in [0, 0.05) is 30.2 Å². The van der Waals surface area contributed by atoms with Crippen molar-refractivity contribution in [2.75, 3.05) is 18.0 Å². The molecule has 0 spiro atoms. The highest BCUT2D eigenvalue weighted by atomic mass is 35.5. The number of hydrogen-bond donors (Lipinski definition) is 2. The number of amides is 1. The van der Waals surface area contributed by atoms with Crippen LogP contribution in [0.5, 0.6) is 0 Å². The molecule has 2 heterocycles. The number of nitrogens with zero attached hydrogens (tertiary/aromatic N) is 2. The molecule has 1 atom stereocenters. The third-order valence-corrected chi connectivity index (χ3v) is 5.33. The molecule has 2 N–H and O–H groups in total. The van der Waals surface area contributed by atoms with Crippen LogP contribution in [0.3, 0.4) is 0 Å². The fourth-order valence-corrected chi connectivity index (χ4v) is 3.63. The van der Waals surface area contributed by atoms with Crippen molar-refractivity contribution in [3.05, 3.63) is 70.7 Å². The van der Waals surface area contributed by atoms with Gasteiger partial charge in [-0.3, -0.25) is 9.89 Å². The van der Waals surface area contributed by atoms with Crippen LogP contribution in [0, 0.1) is 6.92 Å². The van der Waals surface area contributed by atoms with Crippen molar-refractivity contribution in [3.63, 3.8) is 0 Å². The summed E-state index contributed by atoms with van der Waals surface area (Å²) in [6.45, 7) is 3.69. The molecular formula is C22H23ClN4O. The monoisotopic (exact) mass is 394 g/mol. The van der Waals surface area contributed by atoms with Crippen LogP contribution in [0.1, 0.15) is 17.5 Å². The van der Waals surface area contributed by atoms with Crippen LogP contribution in [0.15, 0.2) is 54.6 Å². The first-order valence-corrected chi connectivity index (χ1v) is 9.86. The van der Waals surface area contributed by atoms with Crippen LogP contribution in [-0.2, 0) is 11.2 Å². The molecule has 0 radical (unpaired) electrons. The predicted octanol–water partition coefficient (Wildman–Crippen LogP) is 3.98. The van der Waals surface area contributed by atoms with E-state index < -0.39 is 0 Å². The average Bonchev–Trinajstić information content (AvgIpc) is 3.34. The van der Waals surface area contributed by atoms with Crippen LogP contribution < -0.4 is 10.2 Å². The van der Waals surface area contributed by atoms with E-state index in [1.807, 2.05) is 61.5 Å². The van der Waals surface area contributed by atoms with Gasteiger partial charge in [-0.1, -0.05) is 53.6 Å². The molecule has 6 heteroatoms. The molecular weight excluding hydrogens is 372 g/mol. The Labute approximate surface area is 169 Å². The Kier molecular flexibility index (Phi) is 5.35. The zero-order chi connectivity index (χ0) is 19.5. The topological polar surface area (TPSA) is 61.0 Å². The molecule has 0 saturated carbocycles. The Morgan fingerprint density at radius 1 is 1.21 bits per heavy atom. The van der Waals surface area contributed by atoms with Crippen molar-refractivity contribution in [1.82, 2.24) is 15.5 Å². The largest absolute Gasteiger partial charge is 0.353 e. The quantitative estimate of drug-likeness (QED) is 0.688. The van der Waals surface area contributed by atoms with Gasteiger partial charge in [-0.2, -0.15) is 5.10 Å². The summed E-state index contributed by atoms with van der Waals surface area (Å²) >= 11 is 5.95. The first-order valence-electron chi connectivity index (χ1n) is 9.48. The van der Waals surface area contributed by atoms with Crippen molar-refractivity contribution < 1.29 is 4.79 Å². The number of benzene rings is 2. The van der Waals surface area contributed by atoms with E-state index in [9.17, 15) is 4.79 Å². The molecule has 5 nitrogen and oxygen atoms in total. The highest BCUT2D eigenvalue weighted by Gasteiger charge is 2.25. The van der Waals surface area contributed by atoms with E-state index in [1.54, 1.807) is 0 Å². The number of halogens is 1. The summed E-state index contributed by atoms with van der Waals surface area (Å²) in [6, 6.07) is 18.0. The minimum absolute atomic E-state index is 0.0691. The van der Waals surface area contributed by atoms with Gasteiger partial charge in [0.1, 0.15) is 0 Å². The summed E-state index contributed by atoms with van der Waals surface area (Å²) in [4.78, 5) is 14.6. The van der Waals surface area contributed by atoms with Gasteiger partial charge >= 0.3 is 0 Å². The molecule has 0 bridgehead atoms. The highest BCUT2D eigenvalue weighted by Crippen LogP contribution is 2.25. The molecule has 1 aliphatic rings. The highest BCUT2D eigenvalue weighted by molar-refractivity contribution is 6.30. The number of aromatic nitrogens is 2. The Morgan fingerprint density at radius 2 is 1.96 bits per heavy atom. The lowest BCUT2D eigenvalue weighted by molar-refractivity contribution is -0.121. The van der Waals surface area contributed by atoms with Gasteiger partial charge in [0.25, 0.3) is 0 Å². The number of rotatable bonds is 5. The molecule has 1 fully saturated rings. The van der Waals surface area contributed by atoms with E-state index in [4.69, 9.17) is 11.6 Å². The molecule has 1 saturated heterocycles. The first-order chi connectivity index (χ1) is 13.6. The van der Waals surface area contributed by atoms with Crippen LogP contribution >= 0.6 is 11.6 Å². The third kappa shape index (κ3) is 4.37. The summed E-state index contributed by atoms with van der Waals surface area (Å²) in [6.07, 6.45) is 1.34. The van der Waals surface area contributed by atoms with Gasteiger partial charge < -0.3 is 10.2 Å². The maximum Gasteiger partial charge on any atom is 0.224 e. The minimum atomic E-state index is 0.0691. The fraction of sp³-hybridized carbons (Fsp3) is 0.273. The molecule has 1 aliphatic heterocycles. The lowest BCUT2D eigenvalue weighted by Crippen LogP contribution is -2.38. The van der Waals surface area contributed by atoms with Crippen molar-refractivity contribution in [2.24, 2.45) is 0 Å². The van der Waals surface area contributed by atoms with E-state index >= 15 is 0 Å². The number of anilines is 1. The Morgan fingerprint density at radius 3 is 2.71 bits per heavy atom. The van der Waals surface area contributed by atoms with Crippen LogP contribution in [0.4, 0.5) is 5.82 Å². The zero-order valence-corrected chi connectivity index (χ0v) is 16.5. The maximum atomic E-state index is 12.4. The van der Waals surface area contributed by atoms with E-state index in [0.29, 0.717) is 11.4 Å². The summed E-state index contributed by atoms with van der Waals surface area (Å²) in [7, 11) is 0. The Balaban J connectivity index is 1.33. The number of carbonyl (C=O) groups excluding carboxylic acids is 1. The standard InChI is InChI=1S/C22H23ClN4O/c1-15-2-4-16(5-3-15)12-22(28)24-19-10-11-27(14-19)21-13-20(25-26-21)17-6-8-18(23)9-7-17/h2-9,13,19H,10-12,14H2,1H3,(H,24,28)(H,25,26). The van der Waals surface area contributed by atoms with Crippen LogP contribution in [0.2, 0.25) is 5.02 Å². The molecule has 3 aromatic rings. The van der Waals surface area contributed by atoms with E-state index in [0.717, 1.165) is 42.1 Å². The van der Waals surface area contributed by atoms with E-state index in [1.165, 1.54) is 5.56 Å². The van der Waals surface area contributed by atoms with Gasteiger partial charge in [0.15, 0.2) is 5.82 Å². The molecule has 28 heavy (non-hydrogen) atoms. The Hall–Kier alpha value is -2.79. The van der Waals surface area contributed by atoms with Gasteiger partial charge in [-0.15, -0.1) is 0 Å². The molecule has 4 rings (SSSR count). The smallest absolute Gasteiger partial charge is 0.224 e. The van der Waals surface area contributed by atoms with Gasteiger partial charge in [-0.05, 0) is 36.6 Å². The van der Waals surface area contributed by atoms with Gasteiger partial charge in [0.2, 0.25) is 5.91 Å². The molecule has 1 unspecified atom stereocenters. The number of H-pyrrole nitrogens is 1. The number of aromatic amines is 1. The maximum absolute atomic E-state index is 12.4. The average molecular weight is 395 g/mol. The zero-order valence-electron chi connectivity index (χ0n) is 15.8. The van der Waals surface area contributed by atoms with Crippen LogP contribution in [-0.4, -0.2) is 35.2 Å². The Bertz CT molecular complexity index is 949. The van der Waals surface area contributed by atoms with E-state index in [-0.39, 0.29) is 11.9 Å². The van der Waals surface area contributed by atoms with Crippen molar-refractivity contribution in [2.45, 2.75) is 25.8 Å². The minimum Gasteiger partial charge on any atom is -0.353 e. The number of nitrogens with one attached hydrogen (secondary N) is 2. The van der Waals surface area contributed by atoms with Gasteiger partial charge in [-0.25, -0.2) is 0 Å². The van der Waals surface area contributed by atoms with Crippen molar-refractivity contribution in [1.29, 1.82) is 0 Å². The normalized spacial score (nSPS) is 16.4. The number of hydrogen-bond acceptors (Lipinski definition) is 3. The van der Waals surface area contributed by atoms with Crippen LogP contribution in [0.25, 0.3) is 11.3 Å². The van der Waals surface area contributed by atoms with E-state index in [2.05, 4.69) is 20.4 Å². The molecule has 1 amide bonds. The third-order valence-electron chi connectivity index (χ3n) is 5.08. The summed E-state index contributed by atoms with van der Waals surface area (Å²) in [5.74, 6) is 0.972. The molecule has 144 valence electrons. The van der Waals surface area contributed by atoms with Crippen molar-refractivity contribution >= 4 is 23.3 Å². The number of aryl methyl sites for hydroxylation is 1. The summed E-state index contributed by atoms with van der Waals surface area (Å²) in [5.41, 5.74) is 4.24. The molecule has 2 aromatic carbocycles. The lowest BCUT2D eigenvalue weighted by Gasteiger charge is -2.16.